The zero-order valence-corrected chi connectivity index (χ0v) is 6.88. The van der Waals surface area contributed by atoms with Crippen LogP contribution in [0.15, 0.2) is 29.2 Å². The van der Waals surface area contributed by atoms with E-state index in [0.29, 0.717) is 5.75 Å². The Kier molecular flexibility index (Phi) is 1.69. The molecule has 0 spiro atoms. The Morgan fingerprint density at radius 2 is 2.25 bits per heavy atom. The summed E-state index contributed by atoms with van der Waals surface area (Å²) in [6.07, 6.45) is 0. The summed E-state index contributed by atoms with van der Waals surface area (Å²) >= 11 is 1.22. The summed E-state index contributed by atoms with van der Waals surface area (Å²) < 4.78 is 5.13. The van der Waals surface area contributed by atoms with Gasteiger partial charge in [-0.15, -0.1) is 0 Å². The Balaban J connectivity index is 2.27. The molecule has 0 saturated carbocycles. The van der Waals surface area contributed by atoms with Crippen LogP contribution in [0, 0.1) is 0 Å². The molecule has 1 unspecified atom stereocenters. The van der Waals surface area contributed by atoms with Crippen molar-refractivity contribution < 1.29 is 14.6 Å². The Hall–Kier alpha value is -1.16. The molecule has 12 heavy (non-hydrogen) atoms. The monoisotopic (exact) mass is 182 g/mol. The molecule has 1 aliphatic heterocycles. The molecule has 2 rings (SSSR count). The predicted molar refractivity (Wildman–Crippen MR) is 44.4 cm³/mol. The number of thioether (sulfide) groups is 1. The van der Waals surface area contributed by atoms with E-state index in [9.17, 15) is 4.79 Å². The maximum Gasteiger partial charge on any atom is 0.356 e. The van der Waals surface area contributed by atoms with Gasteiger partial charge in [-0.3, -0.25) is 0 Å². The molecule has 0 bridgehead atoms. The molecule has 62 valence electrons. The number of ether oxygens (including phenoxy) is 1. The molecule has 0 amide bonds. The number of hydrogen-bond donors (Lipinski definition) is 1. The normalized spacial score (nSPS) is 19.8. The Labute approximate surface area is 73.3 Å². The molecule has 1 N–H and O–H groups in total. The second-order valence-corrected chi connectivity index (χ2v) is 3.46. The number of fused-ring (bicyclic) bond motifs is 1. The van der Waals surface area contributed by atoms with Gasteiger partial charge in [0.05, 0.1) is 4.90 Å². The maximum atomic E-state index is 10.5. The Morgan fingerprint density at radius 3 is 2.92 bits per heavy atom. The SMILES string of the molecule is O=C(O)C1Oc2ccccc2S1. The van der Waals surface area contributed by atoms with E-state index in [1.165, 1.54) is 11.8 Å². The van der Waals surface area contributed by atoms with Crippen molar-refractivity contribution in [1.82, 2.24) is 0 Å². The number of para-hydroxylation sites is 1. The molecule has 0 saturated heterocycles. The van der Waals surface area contributed by atoms with Crippen molar-refractivity contribution >= 4 is 17.7 Å². The van der Waals surface area contributed by atoms with E-state index in [2.05, 4.69) is 0 Å². The topological polar surface area (TPSA) is 46.5 Å². The molecule has 1 aromatic rings. The third kappa shape index (κ3) is 1.14. The number of carbonyl (C=O) groups is 1. The highest BCUT2D eigenvalue weighted by Gasteiger charge is 2.28. The fourth-order valence-electron chi connectivity index (χ4n) is 1.00. The molecule has 0 aromatic heterocycles. The van der Waals surface area contributed by atoms with Crippen molar-refractivity contribution in [3.05, 3.63) is 24.3 Å². The van der Waals surface area contributed by atoms with Gasteiger partial charge in [-0.25, -0.2) is 4.79 Å². The molecule has 1 heterocycles. The van der Waals surface area contributed by atoms with Crippen LogP contribution in [0.5, 0.6) is 5.75 Å². The van der Waals surface area contributed by atoms with Crippen molar-refractivity contribution in [2.24, 2.45) is 0 Å². The average Bonchev–Trinajstić information content (AvgIpc) is 2.46. The summed E-state index contributed by atoms with van der Waals surface area (Å²) in [5.41, 5.74) is -0.776. The molecule has 1 aliphatic rings. The maximum absolute atomic E-state index is 10.5. The second kappa shape index (κ2) is 2.71. The highest BCUT2D eigenvalue weighted by molar-refractivity contribution is 8.00. The first-order chi connectivity index (χ1) is 5.77. The molecule has 0 radical (unpaired) electrons. The third-order valence-corrected chi connectivity index (χ3v) is 2.62. The van der Waals surface area contributed by atoms with Crippen LogP contribution in [-0.2, 0) is 4.79 Å². The van der Waals surface area contributed by atoms with Gasteiger partial charge in [0, 0.05) is 0 Å². The summed E-state index contributed by atoms with van der Waals surface area (Å²) in [6, 6.07) is 7.30. The van der Waals surface area contributed by atoms with Gasteiger partial charge >= 0.3 is 5.97 Å². The summed E-state index contributed by atoms with van der Waals surface area (Å²) in [6.45, 7) is 0. The van der Waals surface area contributed by atoms with E-state index in [4.69, 9.17) is 9.84 Å². The zero-order chi connectivity index (χ0) is 8.55. The standard InChI is InChI=1S/C8H6O3S/c9-7(10)8-11-5-3-1-2-4-6(5)12-8/h1-4,8H,(H,9,10). The van der Waals surface area contributed by atoms with Gasteiger partial charge < -0.3 is 9.84 Å². The van der Waals surface area contributed by atoms with Crippen LogP contribution in [0.25, 0.3) is 0 Å². The van der Waals surface area contributed by atoms with Crippen molar-refractivity contribution in [2.45, 2.75) is 10.3 Å². The minimum atomic E-state index is -0.934. The summed E-state index contributed by atoms with van der Waals surface area (Å²) in [4.78, 5) is 11.4. The second-order valence-electron chi connectivity index (χ2n) is 2.35. The number of carboxylic acids is 1. The van der Waals surface area contributed by atoms with Crippen LogP contribution < -0.4 is 4.74 Å². The molecule has 4 heteroatoms. The van der Waals surface area contributed by atoms with E-state index in [1.54, 1.807) is 6.07 Å². The average molecular weight is 182 g/mol. The quantitative estimate of drug-likeness (QED) is 0.716. The van der Waals surface area contributed by atoms with Gasteiger partial charge in [0.15, 0.2) is 0 Å². The fourth-order valence-corrected chi connectivity index (χ4v) is 1.87. The van der Waals surface area contributed by atoms with Crippen molar-refractivity contribution in [3.63, 3.8) is 0 Å². The lowest BCUT2D eigenvalue weighted by atomic mass is 10.3. The van der Waals surface area contributed by atoms with E-state index in [0.717, 1.165) is 4.90 Å². The van der Waals surface area contributed by atoms with E-state index >= 15 is 0 Å². The molecule has 3 nitrogen and oxygen atoms in total. The van der Waals surface area contributed by atoms with Gasteiger partial charge in [-0.2, -0.15) is 0 Å². The van der Waals surface area contributed by atoms with E-state index in [1.807, 2.05) is 18.2 Å². The lowest BCUT2D eigenvalue weighted by molar-refractivity contribution is -0.140. The minimum absolute atomic E-state index is 0.662. The van der Waals surface area contributed by atoms with Crippen LogP contribution in [-0.4, -0.2) is 16.5 Å². The van der Waals surface area contributed by atoms with Gasteiger partial charge in [-0.1, -0.05) is 23.9 Å². The Morgan fingerprint density at radius 1 is 1.50 bits per heavy atom. The molecule has 0 fully saturated rings. The van der Waals surface area contributed by atoms with Gasteiger partial charge in [-0.05, 0) is 12.1 Å². The van der Waals surface area contributed by atoms with Crippen LogP contribution >= 0.6 is 11.8 Å². The zero-order valence-electron chi connectivity index (χ0n) is 6.06. The number of rotatable bonds is 1. The largest absolute Gasteiger partial charge is 0.478 e. The van der Waals surface area contributed by atoms with Crippen LogP contribution in [0.2, 0.25) is 0 Å². The van der Waals surface area contributed by atoms with Crippen molar-refractivity contribution in [3.8, 4) is 5.75 Å². The lowest BCUT2D eigenvalue weighted by Gasteiger charge is -2.01. The van der Waals surface area contributed by atoms with Crippen LogP contribution in [0.1, 0.15) is 0 Å². The first-order valence-corrected chi connectivity index (χ1v) is 4.30. The highest BCUT2D eigenvalue weighted by Crippen LogP contribution is 2.40. The predicted octanol–water partition coefficient (Wildman–Crippen LogP) is 1.58. The first-order valence-electron chi connectivity index (χ1n) is 3.42. The molecule has 1 atom stereocenters. The molecule has 0 aliphatic carbocycles. The number of hydrogen-bond acceptors (Lipinski definition) is 3. The molecule has 1 aromatic carbocycles. The molecular weight excluding hydrogens is 176 g/mol. The van der Waals surface area contributed by atoms with Gasteiger partial charge in [0.25, 0.3) is 0 Å². The molecular formula is C8H6O3S. The third-order valence-electron chi connectivity index (χ3n) is 1.52. The smallest absolute Gasteiger partial charge is 0.356 e. The first kappa shape index (κ1) is 7.49. The Bertz CT molecular complexity index is 299. The summed E-state index contributed by atoms with van der Waals surface area (Å²) in [5, 5.41) is 8.64. The van der Waals surface area contributed by atoms with Gasteiger partial charge in [0.2, 0.25) is 5.44 Å². The van der Waals surface area contributed by atoms with Crippen LogP contribution in [0.4, 0.5) is 0 Å². The number of benzene rings is 1. The van der Waals surface area contributed by atoms with Gasteiger partial charge in [0.1, 0.15) is 5.75 Å². The number of aliphatic carboxylic acids is 1. The van der Waals surface area contributed by atoms with Crippen molar-refractivity contribution in [2.75, 3.05) is 0 Å². The van der Waals surface area contributed by atoms with E-state index < -0.39 is 11.4 Å². The van der Waals surface area contributed by atoms with Crippen LogP contribution in [0.3, 0.4) is 0 Å². The van der Waals surface area contributed by atoms with Crippen molar-refractivity contribution in [1.29, 1.82) is 0 Å². The van der Waals surface area contributed by atoms with E-state index in [-0.39, 0.29) is 0 Å². The summed E-state index contributed by atoms with van der Waals surface area (Å²) in [7, 11) is 0. The highest BCUT2D eigenvalue weighted by atomic mass is 32.2. The minimum Gasteiger partial charge on any atom is -0.478 e. The fraction of sp³-hybridized carbons (Fsp3) is 0.125. The summed E-state index contributed by atoms with van der Waals surface area (Å²) in [5.74, 6) is -0.272. The number of carboxylic acid groups (broad SMARTS) is 1. The lowest BCUT2D eigenvalue weighted by Crippen LogP contribution is -2.19.